The lowest BCUT2D eigenvalue weighted by Gasteiger charge is -2.15. The average molecular weight is 236 g/mol. The normalized spacial score (nSPS) is 11.7. The van der Waals surface area contributed by atoms with E-state index in [2.05, 4.69) is 0 Å². The van der Waals surface area contributed by atoms with Crippen molar-refractivity contribution in [2.24, 2.45) is 5.84 Å². The van der Waals surface area contributed by atoms with Crippen molar-refractivity contribution in [3.63, 3.8) is 0 Å². The van der Waals surface area contributed by atoms with E-state index >= 15 is 0 Å². The third-order valence-corrected chi connectivity index (χ3v) is 2.32. The topological polar surface area (TPSA) is 81.4 Å². The second-order valence-corrected chi connectivity index (χ2v) is 3.61. The number of nitrogens with two attached hydrogens (primary N) is 1. The van der Waals surface area contributed by atoms with Crippen LogP contribution in [0.2, 0.25) is 0 Å². The highest BCUT2D eigenvalue weighted by Gasteiger charge is 2.17. The Kier molecular flexibility index (Phi) is 4.66. The molecule has 0 aromatic heterocycles. The molecule has 0 bridgehead atoms. The summed E-state index contributed by atoms with van der Waals surface area (Å²) in [7, 11) is 0. The molecule has 0 saturated carbocycles. The third-order valence-electron chi connectivity index (χ3n) is 2.32. The highest BCUT2D eigenvalue weighted by atomic mass is 16.5. The maximum atomic E-state index is 11.3. The predicted molar refractivity (Wildman–Crippen MR) is 63.5 cm³/mol. The first-order valence-corrected chi connectivity index (χ1v) is 5.36. The fourth-order valence-electron chi connectivity index (χ4n) is 1.37. The number of amides is 1. The van der Waals surface area contributed by atoms with Crippen LogP contribution in [0.25, 0.3) is 0 Å². The molecule has 0 spiro atoms. The summed E-state index contributed by atoms with van der Waals surface area (Å²) >= 11 is 0. The van der Waals surface area contributed by atoms with Crippen molar-refractivity contribution in [2.45, 2.75) is 26.4 Å². The fraction of sp³-hybridized carbons (Fsp3) is 0.333. The number of ketones is 1. The number of benzene rings is 1. The average Bonchev–Trinajstić information content (AvgIpc) is 2.35. The standard InChI is InChI=1S/C12H16N2O3/c1-3-11(12(16)14-13)17-10-6-4-5-9(7-10)8(2)15/h4-7,11H,3,13H2,1-2H3,(H,14,16). The van der Waals surface area contributed by atoms with Gasteiger partial charge in [0.1, 0.15) is 5.75 Å². The van der Waals surface area contributed by atoms with Crippen LogP contribution >= 0.6 is 0 Å². The molecule has 1 unspecified atom stereocenters. The van der Waals surface area contributed by atoms with Crippen molar-refractivity contribution in [1.82, 2.24) is 5.43 Å². The molecule has 1 atom stereocenters. The molecule has 1 aromatic carbocycles. The molecule has 0 fully saturated rings. The summed E-state index contributed by atoms with van der Waals surface area (Å²) in [6.45, 7) is 3.29. The van der Waals surface area contributed by atoms with Crippen molar-refractivity contribution in [1.29, 1.82) is 0 Å². The smallest absolute Gasteiger partial charge is 0.274 e. The molecular weight excluding hydrogens is 220 g/mol. The van der Waals surface area contributed by atoms with Crippen LogP contribution < -0.4 is 16.0 Å². The van der Waals surface area contributed by atoms with E-state index in [-0.39, 0.29) is 11.7 Å². The molecule has 1 amide bonds. The molecule has 5 heteroatoms. The lowest BCUT2D eigenvalue weighted by Crippen LogP contribution is -2.41. The van der Waals surface area contributed by atoms with Crippen LogP contribution in [0, 0.1) is 0 Å². The first-order valence-electron chi connectivity index (χ1n) is 5.36. The number of nitrogens with one attached hydrogen (secondary N) is 1. The van der Waals surface area contributed by atoms with Gasteiger partial charge in [-0.25, -0.2) is 5.84 Å². The molecule has 1 aromatic rings. The van der Waals surface area contributed by atoms with Gasteiger partial charge in [-0.1, -0.05) is 19.1 Å². The van der Waals surface area contributed by atoms with Crippen molar-refractivity contribution < 1.29 is 14.3 Å². The molecule has 0 aliphatic carbocycles. The van der Waals surface area contributed by atoms with Crippen LogP contribution in [0.15, 0.2) is 24.3 Å². The minimum absolute atomic E-state index is 0.0493. The summed E-state index contributed by atoms with van der Waals surface area (Å²) in [6.07, 6.45) is -0.157. The zero-order valence-electron chi connectivity index (χ0n) is 9.90. The van der Waals surface area contributed by atoms with E-state index in [0.717, 1.165) is 0 Å². The van der Waals surface area contributed by atoms with Crippen molar-refractivity contribution in [2.75, 3.05) is 0 Å². The van der Waals surface area contributed by atoms with Gasteiger partial charge in [0.15, 0.2) is 11.9 Å². The molecule has 1 rings (SSSR count). The summed E-state index contributed by atoms with van der Waals surface area (Å²) in [5.74, 6) is 5.09. The van der Waals surface area contributed by atoms with Crippen LogP contribution in [0.3, 0.4) is 0 Å². The molecule has 17 heavy (non-hydrogen) atoms. The van der Waals surface area contributed by atoms with E-state index in [1.54, 1.807) is 24.3 Å². The number of hydrogen-bond donors (Lipinski definition) is 2. The first-order chi connectivity index (χ1) is 8.08. The molecule has 0 aliphatic rings. The maximum absolute atomic E-state index is 11.3. The largest absolute Gasteiger partial charge is 0.481 e. The van der Waals surface area contributed by atoms with Gasteiger partial charge in [0.2, 0.25) is 0 Å². The second-order valence-electron chi connectivity index (χ2n) is 3.61. The molecular formula is C12H16N2O3. The van der Waals surface area contributed by atoms with Gasteiger partial charge in [0.05, 0.1) is 0 Å². The van der Waals surface area contributed by atoms with Crippen molar-refractivity contribution >= 4 is 11.7 Å². The molecule has 3 N–H and O–H groups in total. The fourth-order valence-corrected chi connectivity index (χ4v) is 1.37. The number of rotatable bonds is 5. The molecule has 0 heterocycles. The highest BCUT2D eigenvalue weighted by Crippen LogP contribution is 2.16. The van der Waals surface area contributed by atoms with Gasteiger partial charge in [-0.05, 0) is 25.5 Å². The monoisotopic (exact) mass is 236 g/mol. The minimum atomic E-state index is -0.651. The van der Waals surface area contributed by atoms with Gasteiger partial charge in [-0.3, -0.25) is 15.0 Å². The molecule has 0 saturated heterocycles. The summed E-state index contributed by atoms with van der Waals surface area (Å²) in [5, 5.41) is 0. The number of hydrogen-bond acceptors (Lipinski definition) is 4. The Morgan fingerprint density at radius 2 is 2.18 bits per heavy atom. The SMILES string of the molecule is CCC(Oc1cccc(C(C)=O)c1)C(=O)NN. The number of carbonyl (C=O) groups is 2. The lowest BCUT2D eigenvalue weighted by molar-refractivity contribution is -0.128. The van der Waals surface area contributed by atoms with E-state index in [1.165, 1.54) is 6.92 Å². The minimum Gasteiger partial charge on any atom is -0.481 e. The highest BCUT2D eigenvalue weighted by molar-refractivity contribution is 5.94. The van der Waals surface area contributed by atoms with Gasteiger partial charge in [0, 0.05) is 5.56 Å². The summed E-state index contributed by atoms with van der Waals surface area (Å²) in [4.78, 5) is 22.5. The van der Waals surface area contributed by atoms with E-state index in [4.69, 9.17) is 10.6 Å². The predicted octanol–water partition coefficient (Wildman–Crippen LogP) is 1.04. The Morgan fingerprint density at radius 3 is 2.71 bits per heavy atom. The van der Waals surface area contributed by atoms with E-state index in [0.29, 0.717) is 17.7 Å². The number of Topliss-reactive ketones (excluding diaryl/α,β-unsaturated/α-hetero) is 1. The molecule has 92 valence electrons. The Labute approximate surface area is 99.9 Å². The Morgan fingerprint density at radius 1 is 1.47 bits per heavy atom. The second kappa shape index (κ2) is 6.00. The van der Waals surface area contributed by atoms with E-state index in [9.17, 15) is 9.59 Å². The molecule has 0 radical (unpaired) electrons. The van der Waals surface area contributed by atoms with Gasteiger partial charge < -0.3 is 4.74 Å². The Hall–Kier alpha value is -1.88. The third kappa shape index (κ3) is 3.57. The number of ether oxygens (including phenoxy) is 1. The summed E-state index contributed by atoms with van der Waals surface area (Å²) < 4.78 is 5.46. The summed E-state index contributed by atoms with van der Waals surface area (Å²) in [6, 6.07) is 6.70. The number of carbonyl (C=O) groups excluding carboxylic acids is 2. The van der Waals surface area contributed by atoms with Crippen LogP contribution in [-0.4, -0.2) is 17.8 Å². The zero-order chi connectivity index (χ0) is 12.8. The van der Waals surface area contributed by atoms with Gasteiger partial charge in [-0.2, -0.15) is 0 Å². The Bertz CT molecular complexity index is 418. The van der Waals surface area contributed by atoms with Gasteiger partial charge >= 0.3 is 0 Å². The van der Waals surface area contributed by atoms with Crippen LogP contribution in [0.1, 0.15) is 30.6 Å². The quantitative estimate of drug-likeness (QED) is 0.346. The molecule has 5 nitrogen and oxygen atoms in total. The van der Waals surface area contributed by atoms with Crippen molar-refractivity contribution in [3.05, 3.63) is 29.8 Å². The lowest BCUT2D eigenvalue weighted by atomic mass is 10.1. The van der Waals surface area contributed by atoms with Gasteiger partial charge in [0.25, 0.3) is 5.91 Å². The zero-order valence-corrected chi connectivity index (χ0v) is 9.90. The van der Waals surface area contributed by atoms with Crippen LogP contribution in [0.4, 0.5) is 0 Å². The van der Waals surface area contributed by atoms with Gasteiger partial charge in [-0.15, -0.1) is 0 Å². The summed E-state index contributed by atoms with van der Waals surface area (Å²) in [5.41, 5.74) is 2.59. The van der Waals surface area contributed by atoms with E-state index < -0.39 is 6.10 Å². The van der Waals surface area contributed by atoms with Crippen LogP contribution in [0.5, 0.6) is 5.75 Å². The van der Waals surface area contributed by atoms with E-state index in [1.807, 2.05) is 12.3 Å². The number of hydrazine groups is 1. The molecule has 0 aliphatic heterocycles. The van der Waals surface area contributed by atoms with Crippen molar-refractivity contribution in [3.8, 4) is 5.75 Å². The first kappa shape index (κ1) is 13.2. The Balaban J connectivity index is 2.83. The van der Waals surface area contributed by atoms with Crippen LogP contribution in [-0.2, 0) is 4.79 Å². The maximum Gasteiger partial charge on any atom is 0.274 e.